The number of carbonyl (C=O) groups is 3. The number of hydrogen-bond acceptors (Lipinski definition) is 10. The summed E-state index contributed by atoms with van der Waals surface area (Å²) in [7, 11) is 0. The number of β-lactam (4-membered cyclic amide) rings is 1. The van der Waals surface area contributed by atoms with E-state index in [4.69, 9.17) is 17.3 Å². The highest BCUT2D eigenvalue weighted by atomic mass is 35.5. The van der Waals surface area contributed by atoms with Gasteiger partial charge in [-0.25, -0.2) is 14.2 Å². The van der Waals surface area contributed by atoms with Crippen molar-refractivity contribution >= 4 is 57.6 Å². The van der Waals surface area contributed by atoms with Crippen LogP contribution in [0, 0.1) is 10.7 Å². The van der Waals surface area contributed by atoms with Crippen LogP contribution in [0.1, 0.15) is 24.6 Å². The van der Waals surface area contributed by atoms with Crippen LogP contribution in [0.15, 0.2) is 39.1 Å². The van der Waals surface area contributed by atoms with Crippen molar-refractivity contribution in [2.45, 2.75) is 35.9 Å². The van der Waals surface area contributed by atoms with Gasteiger partial charge in [0.2, 0.25) is 6.04 Å². The van der Waals surface area contributed by atoms with Gasteiger partial charge in [-0.05, 0) is 24.1 Å². The number of carboxylic acid groups (broad SMARTS) is 1. The number of amides is 2. The lowest BCUT2D eigenvalue weighted by Crippen LogP contribution is -2.71. The average Bonchev–Trinajstić information content (AvgIpc) is 3.11. The number of pyridine rings is 1. The number of carboxylic acids is 1. The van der Waals surface area contributed by atoms with Crippen LogP contribution in [-0.2, 0) is 14.4 Å². The van der Waals surface area contributed by atoms with Crippen LogP contribution in [0.25, 0.3) is 0 Å². The number of halogens is 2. The Morgan fingerprint density at radius 2 is 2.24 bits per heavy atom. The van der Waals surface area contributed by atoms with Gasteiger partial charge >= 0.3 is 5.97 Å². The molecule has 0 aromatic carbocycles. The molecule has 2 amide bonds. The Morgan fingerprint density at radius 1 is 1.48 bits per heavy atom. The fourth-order valence-corrected chi connectivity index (χ4v) is 5.68. The fourth-order valence-electron chi connectivity index (χ4n) is 3.66. The predicted molar refractivity (Wildman–Crippen MR) is 117 cm³/mol. The molecule has 1 saturated heterocycles. The van der Waals surface area contributed by atoms with Gasteiger partial charge in [0, 0.05) is 11.1 Å². The first-order valence-electron chi connectivity index (χ1n) is 9.34. The van der Waals surface area contributed by atoms with Crippen molar-refractivity contribution in [1.82, 2.24) is 20.2 Å². The molecule has 0 bridgehead atoms. The Kier molecular flexibility index (Phi) is 6.32. The van der Waals surface area contributed by atoms with Crippen LogP contribution in [-0.4, -0.2) is 49.8 Å². The Labute approximate surface area is 198 Å². The lowest BCUT2D eigenvalue weighted by molar-refractivity contribution is -0.156. The standard InChI is InChI=1S/C18H14ClFN6O5S2/c19-14-11(24-18(21)33-14)12(25-31)15(27)23-10-7-1-2-9(13(17(29)30)26(7)16(10)28)32-8-3-4-22-5-6(8)20/h3-5,7,10,12H,1-2H2,(H2,21,24)(H,23,27)(H,29,30)/t7?,10-,12?/m0/s1. The van der Waals surface area contributed by atoms with E-state index in [-0.39, 0.29) is 32.2 Å². The number of aliphatic carboxylic acids is 1. The van der Waals surface area contributed by atoms with Crippen LogP contribution in [0.5, 0.6) is 0 Å². The molecule has 3 atom stereocenters. The normalized spacial score (nSPS) is 20.7. The van der Waals surface area contributed by atoms with Crippen molar-refractivity contribution in [2.24, 2.45) is 5.18 Å². The number of nitrogens with two attached hydrogens (primary N) is 1. The molecule has 172 valence electrons. The highest BCUT2D eigenvalue weighted by molar-refractivity contribution is 8.03. The van der Waals surface area contributed by atoms with E-state index in [9.17, 15) is 28.8 Å². The molecular formula is C18H14ClFN6O5S2. The van der Waals surface area contributed by atoms with E-state index >= 15 is 0 Å². The van der Waals surface area contributed by atoms with Gasteiger partial charge in [-0.15, -0.1) is 4.91 Å². The third-order valence-corrected chi connectivity index (χ3v) is 7.41. The largest absolute Gasteiger partial charge is 0.477 e. The van der Waals surface area contributed by atoms with E-state index in [1.807, 2.05) is 0 Å². The van der Waals surface area contributed by atoms with Crippen LogP contribution in [0.3, 0.4) is 0 Å². The predicted octanol–water partition coefficient (Wildman–Crippen LogP) is 2.30. The Balaban J connectivity index is 1.54. The summed E-state index contributed by atoms with van der Waals surface area (Å²) in [5.74, 6) is -3.55. The monoisotopic (exact) mass is 512 g/mol. The zero-order chi connectivity index (χ0) is 23.9. The first-order chi connectivity index (χ1) is 15.7. The topological polar surface area (TPSA) is 168 Å². The minimum Gasteiger partial charge on any atom is -0.477 e. The van der Waals surface area contributed by atoms with E-state index in [2.05, 4.69) is 20.5 Å². The van der Waals surface area contributed by atoms with Crippen LogP contribution >= 0.6 is 34.7 Å². The second-order valence-electron chi connectivity index (χ2n) is 7.00. The summed E-state index contributed by atoms with van der Waals surface area (Å²) in [6.07, 6.45) is 2.93. The molecule has 1 fully saturated rings. The van der Waals surface area contributed by atoms with Crippen molar-refractivity contribution in [3.05, 3.63) is 49.8 Å². The van der Waals surface area contributed by atoms with Crippen molar-refractivity contribution in [2.75, 3.05) is 5.73 Å². The van der Waals surface area contributed by atoms with E-state index in [1.54, 1.807) is 0 Å². The molecular weight excluding hydrogens is 499 g/mol. The van der Waals surface area contributed by atoms with Gasteiger partial charge in [-0.3, -0.25) is 19.5 Å². The number of nitrogens with zero attached hydrogens (tertiary/aromatic N) is 4. The molecule has 0 spiro atoms. The van der Waals surface area contributed by atoms with Crippen molar-refractivity contribution in [1.29, 1.82) is 0 Å². The highest BCUT2D eigenvalue weighted by Crippen LogP contribution is 2.43. The first-order valence-corrected chi connectivity index (χ1v) is 11.4. The zero-order valence-electron chi connectivity index (χ0n) is 16.4. The summed E-state index contributed by atoms with van der Waals surface area (Å²) in [6.45, 7) is 0. The smallest absolute Gasteiger partial charge is 0.353 e. The molecule has 15 heteroatoms. The van der Waals surface area contributed by atoms with Crippen LogP contribution < -0.4 is 11.1 Å². The molecule has 0 saturated carbocycles. The molecule has 2 aliphatic rings. The molecule has 4 rings (SSSR count). The number of thiazole rings is 1. The second-order valence-corrected chi connectivity index (χ2v) is 9.77. The number of fused-ring (bicyclic) bond motifs is 1. The lowest BCUT2D eigenvalue weighted by Gasteiger charge is -2.50. The van der Waals surface area contributed by atoms with Gasteiger partial charge in [0.05, 0.1) is 17.1 Å². The van der Waals surface area contributed by atoms with E-state index < -0.39 is 41.7 Å². The number of anilines is 1. The molecule has 33 heavy (non-hydrogen) atoms. The number of hydrogen-bond donors (Lipinski definition) is 3. The SMILES string of the molecule is Nc1nc(C(N=O)C(=O)N[C@@H]2C(=O)N3C(C(=O)O)=C(Sc4ccncc4F)CCC23)c(Cl)s1. The van der Waals surface area contributed by atoms with Gasteiger partial charge in [0.15, 0.2) is 10.9 Å². The molecule has 2 aromatic heterocycles. The molecule has 2 aromatic rings. The number of allylic oxidation sites excluding steroid dienone is 1. The maximum Gasteiger partial charge on any atom is 0.353 e. The van der Waals surface area contributed by atoms with Crippen molar-refractivity contribution < 1.29 is 23.9 Å². The van der Waals surface area contributed by atoms with Gasteiger partial charge < -0.3 is 16.2 Å². The first kappa shape index (κ1) is 23.1. The molecule has 2 aliphatic heterocycles. The summed E-state index contributed by atoms with van der Waals surface area (Å²) < 4.78 is 14.0. The summed E-state index contributed by atoms with van der Waals surface area (Å²) in [6, 6.07) is -1.92. The molecule has 4 heterocycles. The number of nitrogen functional groups attached to an aromatic ring is 1. The summed E-state index contributed by atoms with van der Waals surface area (Å²) in [4.78, 5) is 57.7. The molecule has 0 radical (unpaired) electrons. The van der Waals surface area contributed by atoms with Crippen LogP contribution in [0.2, 0.25) is 4.34 Å². The van der Waals surface area contributed by atoms with E-state index in [1.165, 1.54) is 12.3 Å². The van der Waals surface area contributed by atoms with Crippen LogP contribution in [0.4, 0.5) is 9.52 Å². The second kappa shape index (κ2) is 9.03. The number of rotatable bonds is 7. The number of thioether (sulfide) groups is 1. The maximum atomic E-state index is 14.0. The third kappa shape index (κ3) is 4.16. The molecule has 4 N–H and O–H groups in total. The number of nitrogens with one attached hydrogen (secondary N) is 1. The highest BCUT2D eigenvalue weighted by Gasteiger charge is 2.54. The van der Waals surface area contributed by atoms with Gasteiger partial charge in [-0.2, -0.15) is 0 Å². The Bertz CT molecular complexity index is 1210. The molecule has 0 aliphatic carbocycles. The van der Waals surface area contributed by atoms with Gasteiger partial charge in [0.1, 0.15) is 21.8 Å². The van der Waals surface area contributed by atoms with Gasteiger partial charge in [0.25, 0.3) is 11.8 Å². The Morgan fingerprint density at radius 3 is 2.85 bits per heavy atom. The number of aromatic nitrogens is 2. The quantitative estimate of drug-likeness (QED) is 0.372. The van der Waals surface area contributed by atoms with Crippen molar-refractivity contribution in [3.8, 4) is 0 Å². The summed E-state index contributed by atoms with van der Waals surface area (Å²) in [5.41, 5.74) is 5.14. The minimum absolute atomic E-state index is 0.0209. The minimum atomic E-state index is -1.62. The maximum absolute atomic E-state index is 14.0. The third-order valence-electron chi connectivity index (χ3n) is 5.10. The lowest BCUT2D eigenvalue weighted by atomic mass is 9.86. The summed E-state index contributed by atoms with van der Waals surface area (Å²) in [5, 5.41) is 15.0. The average molecular weight is 513 g/mol. The zero-order valence-corrected chi connectivity index (χ0v) is 18.8. The number of carbonyl (C=O) groups excluding carboxylic acids is 2. The molecule has 11 nitrogen and oxygen atoms in total. The van der Waals surface area contributed by atoms with E-state index in [0.717, 1.165) is 34.2 Å². The Hall–Kier alpha value is -3.10. The van der Waals surface area contributed by atoms with Gasteiger partial charge in [-0.1, -0.05) is 34.7 Å². The van der Waals surface area contributed by atoms with E-state index in [0.29, 0.717) is 11.3 Å². The molecule has 2 unspecified atom stereocenters. The number of nitroso groups, excluding NO2 is 1. The summed E-state index contributed by atoms with van der Waals surface area (Å²) >= 11 is 7.73. The van der Waals surface area contributed by atoms with Crippen molar-refractivity contribution in [3.63, 3.8) is 0 Å². The fraction of sp³-hybridized carbons (Fsp3) is 0.278.